The summed E-state index contributed by atoms with van der Waals surface area (Å²) >= 11 is 4.13. The van der Waals surface area contributed by atoms with Crippen molar-refractivity contribution in [3.63, 3.8) is 0 Å². The van der Waals surface area contributed by atoms with Crippen molar-refractivity contribution in [3.05, 3.63) is 51.5 Å². The van der Waals surface area contributed by atoms with Gasteiger partial charge in [-0.2, -0.15) is 0 Å². The number of amides is 2. The number of imide groups is 1. The maximum atomic E-state index is 12.2. The van der Waals surface area contributed by atoms with Crippen molar-refractivity contribution in [2.24, 2.45) is 0 Å². The first-order chi connectivity index (χ1) is 12.0. The van der Waals surface area contributed by atoms with Crippen LogP contribution in [0.2, 0.25) is 0 Å². The van der Waals surface area contributed by atoms with Gasteiger partial charge in [0, 0.05) is 16.1 Å². The number of ether oxygens (including phenoxy) is 1. The highest BCUT2D eigenvalue weighted by Gasteiger charge is 2.36. The highest BCUT2D eigenvalue weighted by molar-refractivity contribution is 9.10. The predicted molar refractivity (Wildman–Crippen MR) is 96.5 cm³/mol. The predicted octanol–water partition coefficient (Wildman–Crippen LogP) is 3.92. The molecular formula is C17H12BrNO5S. The molecule has 1 fully saturated rings. The minimum Gasteiger partial charge on any atom is -0.468 e. The van der Waals surface area contributed by atoms with Crippen LogP contribution in [-0.2, 0) is 14.3 Å². The summed E-state index contributed by atoms with van der Waals surface area (Å²) in [4.78, 5) is 36.5. The first-order valence-electron chi connectivity index (χ1n) is 7.16. The lowest BCUT2D eigenvalue weighted by Crippen LogP contribution is -2.34. The molecule has 2 aromatic rings. The van der Waals surface area contributed by atoms with Crippen molar-refractivity contribution >= 4 is 50.9 Å². The summed E-state index contributed by atoms with van der Waals surface area (Å²) in [5, 5.41) is -0.513. The molecule has 1 saturated heterocycles. The Kier molecular flexibility index (Phi) is 5.10. The summed E-state index contributed by atoms with van der Waals surface area (Å²) in [6.07, 6.45) is 1.49. The Balaban J connectivity index is 1.79. The summed E-state index contributed by atoms with van der Waals surface area (Å²) in [6.45, 7) is -0.402. The van der Waals surface area contributed by atoms with Crippen LogP contribution in [0.4, 0.5) is 4.79 Å². The molecule has 2 heterocycles. The summed E-state index contributed by atoms with van der Waals surface area (Å²) in [5.74, 6) is -0.102. The van der Waals surface area contributed by atoms with Crippen molar-refractivity contribution in [3.8, 4) is 11.3 Å². The Bertz CT molecular complexity index is 871. The second kappa shape index (κ2) is 7.28. The van der Waals surface area contributed by atoms with E-state index in [1.54, 1.807) is 12.1 Å². The molecule has 0 unspecified atom stereocenters. The molecular weight excluding hydrogens is 410 g/mol. The smallest absolute Gasteiger partial charge is 0.325 e. The number of nitrogens with zero attached hydrogens (tertiary/aromatic N) is 1. The first-order valence-corrected chi connectivity index (χ1v) is 8.77. The van der Waals surface area contributed by atoms with Gasteiger partial charge in [0.05, 0.1) is 12.0 Å². The topological polar surface area (TPSA) is 76.8 Å². The van der Waals surface area contributed by atoms with Crippen LogP contribution in [0, 0.1) is 0 Å². The van der Waals surface area contributed by atoms with Crippen molar-refractivity contribution < 1.29 is 23.5 Å². The van der Waals surface area contributed by atoms with Gasteiger partial charge in [0.2, 0.25) is 0 Å². The third-order valence-electron chi connectivity index (χ3n) is 3.42. The molecule has 1 aliphatic heterocycles. The van der Waals surface area contributed by atoms with Crippen molar-refractivity contribution in [1.82, 2.24) is 4.90 Å². The van der Waals surface area contributed by atoms with Crippen molar-refractivity contribution in [2.45, 2.75) is 0 Å². The molecule has 0 saturated carbocycles. The van der Waals surface area contributed by atoms with Crippen molar-refractivity contribution in [2.75, 3.05) is 13.7 Å². The Morgan fingerprint density at radius 1 is 1.24 bits per heavy atom. The lowest BCUT2D eigenvalue weighted by Gasteiger charge is -2.09. The van der Waals surface area contributed by atoms with Crippen molar-refractivity contribution in [1.29, 1.82) is 0 Å². The average molecular weight is 422 g/mol. The SMILES string of the molecule is COC(=O)CN1C(=O)SC(=Cc2ccc(-c3ccc(Br)cc3)o2)C1=O. The molecule has 128 valence electrons. The lowest BCUT2D eigenvalue weighted by molar-refractivity contribution is -0.143. The molecule has 0 aliphatic carbocycles. The number of esters is 1. The van der Waals surface area contributed by atoms with Gasteiger partial charge in [-0.15, -0.1) is 0 Å². The second-order valence-electron chi connectivity index (χ2n) is 5.05. The van der Waals surface area contributed by atoms with Crippen LogP contribution in [0.25, 0.3) is 17.4 Å². The Morgan fingerprint density at radius 2 is 1.96 bits per heavy atom. The zero-order chi connectivity index (χ0) is 18.0. The van der Waals surface area contributed by atoms with Gasteiger partial charge in [0.15, 0.2) is 0 Å². The van der Waals surface area contributed by atoms with Gasteiger partial charge in [-0.3, -0.25) is 19.3 Å². The number of benzene rings is 1. The zero-order valence-corrected chi connectivity index (χ0v) is 15.4. The summed E-state index contributed by atoms with van der Waals surface area (Å²) < 4.78 is 11.2. The monoisotopic (exact) mass is 421 g/mol. The van der Waals surface area contributed by atoms with Gasteiger partial charge in [0.25, 0.3) is 11.1 Å². The van der Waals surface area contributed by atoms with Gasteiger partial charge >= 0.3 is 5.97 Å². The van der Waals surface area contributed by atoms with Gasteiger partial charge in [-0.05, 0) is 36.0 Å². The van der Waals surface area contributed by atoms with E-state index >= 15 is 0 Å². The van der Waals surface area contributed by atoms with Crippen LogP contribution in [0.1, 0.15) is 5.76 Å². The van der Waals surface area contributed by atoms with Gasteiger partial charge in [-0.25, -0.2) is 0 Å². The molecule has 25 heavy (non-hydrogen) atoms. The molecule has 3 rings (SSSR count). The maximum Gasteiger partial charge on any atom is 0.325 e. The number of methoxy groups -OCH3 is 1. The Morgan fingerprint density at radius 3 is 2.64 bits per heavy atom. The molecule has 8 heteroatoms. The van der Waals surface area contributed by atoms with E-state index in [2.05, 4.69) is 20.7 Å². The first kappa shape index (κ1) is 17.5. The Labute approximate surface area is 155 Å². The highest BCUT2D eigenvalue weighted by atomic mass is 79.9. The summed E-state index contributed by atoms with van der Waals surface area (Å²) in [5.41, 5.74) is 0.890. The molecule has 1 aromatic heterocycles. The van der Waals surface area contributed by atoms with E-state index in [1.807, 2.05) is 24.3 Å². The van der Waals surface area contributed by atoms with Gasteiger partial charge in [-0.1, -0.05) is 28.1 Å². The van der Waals surface area contributed by atoms with E-state index in [4.69, 9.17) is 4.42 Å². The molecule has 1 aromatic carbocycles. The van der Waals surface area contributed by atoms with Crippen LogP contribution in [0.15, 0.2) is 50.2 Å². The summed E-state index contributed by atoms with van der Waals surface area (Å²) in [7, 11) is 1.20. The molecule has 0 N–H and O–H groups in total. The molecule has 0 atom stereocenters. The third-order valence-corrected chi connectivity index (χ3v) is 4.85. The normalized spacial score (nSPS) is 15.9. The van der Waals surface area contributed by atoms with E-state index in [0.717, 1.165) is 26.7 Å². The number of rotatable bonds is 4. The number of carbonyl (C=O) groups excluding carboxylic acids is 3. The fourth-order valence-electron chi connectivity index (χ4n) is 2.16. The number of carbonyl (C=O) groups is 3. The number of hydrogen-bond donors (Lipinski definition) is 0. The van der Waals surface area contributed by atoms with Gasteiger partial charge in [0.1, 0.15) is 18.1 Å². The third kappa shape index (κ3) is 3.85. The number of halogens is 1. The standard InChI is InChI=1S/C17H12BrNO5S/c1-23-15(20)9-19-16(21)14(25-17(19)22)8-12-6-7-13(24-12)10-2-4-11(18)5-3-10/h2-8H,9H2,1H3. The van der Waals surface area contributed by atoms with Gasteiger partial charge < -0.3 is 9.15 Å². The number of furan rings is 1. The lowest BCUT2D eigenvalue weighted by atomic mass is 10.2. The largest absolute Gasteiger partial charge is 0.468 e. The zero-order valence-electron chi connectivity index (χ0n) is 13.0. The van der Waals surface area contributed by atoms with E-state index in [-0.39, 0.29) is 4.91 Å². The molecule has 0 bridgehead atoms. The maximum absolute atomic E-state index is 12.2. The average Bonchev–Trinajstić information content (AvgIpc) is 3.16. The van der Waals surface area contributed by atoms with E-state index < -0.39 is 23.7 Å². The van der Waals surface area contributed by atoms with E-state index in [1.165, 1.54) is 13.2 Å². The van der Waals surface area contributed by atoms with Crippen LogP contribution in [0.3, 0.4) is 0 Å². The fraction of sp³-hybridized carbons (Fsp3) is 0.118. The quantitative estimate of drug-likeness (QED) is 0.549. The van der Waals surface area contributed by atoms with Crippen LogP contribution in [0.5, 0.6) is 0 Å². The molecule has 1 aliphatic rings. The molecule has 0 radical (unpaired) electrons. The minimum absolute atomic E-state index is 0.200. The molecule has 6 nitrogen and oxygen atoms in total. The Hall–Kier alpha value is -2.32. The van der Waals surface area contributed by atoms with Crippen LogP contribution < -0.4 is 0 Å². The summed E-state index contributed by atoms with van der Waals surface area (Å²) in [6, 6.07) is 11.1. The minimum atomic E-state index is -0.654. The highest BCUT2D eigenvalue weighted by Crippen LogP contribution is 2.33. The molecule has 0 spiro atoms. The van der Waals surface area contributed by atoms with E-state index in [9.17, 15) is 14.4 Å². The van der Waals surface area contributed by atoms with E-state index in [0.29, 0.717) is 11.5 Å². The number of hydrogen-bond acceptors (Lipinski definition) is 6. The number of thioether (sulfide) groups is 1. The molecule has 2 amide bonds. The van der Waals surface area contributed by atoms with Crippen LogP contribution in [-0.4, -0.2) is 35.7 Å². The van der Waals surface area contributed by atoms with Crippen LogP contribution >= 0.6 is 27.7 Å². The fourth-order valence-corrected chi connectivity index (χ4v) is 3.24. The second-order valence-corrected chi connectivity index (χ2v) is 6.96.